The molecule has 47 heavy (non-hydrogen) atoms. The van der Waals surface area contributed by atoms with Crippen molar-refractivity contribution < 1.29 is 26.8 Å². The Bertz CT molecular complexity index is 2330. The quantitative estimate of drug-likeness (QED) is 0.0661. The number of rotatable bonds is 9. The maximum atomic E-state index is 12.3. The molecule has 0 radical (unpaired) electrons. The minimum atomic E-state index is -4.71. The van der Waals surface area contributed by atoms with Crippen LogP contribution in [0, 0.1) is 0 Å². The fourth-order valence-corrected chi connectivity index (χ4v) is 6.50. The highest BCUT2D eigenvalue weighted by atomic mass is 35.5. The van der Waals surface area contributed by atoms with E-state index in [9.17, 15) is 26.8 Å². The minimum absolute atomic E-state index is 0.0163. The maximum absolute atomic E-state index is 12.3. The molecule has 0 saturated carbocycles. The lowest BCUT2D eigenvalue weighted by molar-refractivity contribution is 0.482. The van der Waals surface area contributed by atoms with Crippen molar-refractivity contribution in [3.8, 4) is 5.75 Å². The van der Waals surface area contributed by atoms with E-state index in [1.807, 2.05) is 37.3 Å². The number of azo groups is 1. The molecule has 0 spiro atoms. The van der Waals surface area contributed by atoms with Crippen molar-refractivity contribution in [2.24, 2.45) is 10.2 Å². The van der Waals surface area contributed by atoms with Crippen molar-refractivity contribution in [2.75, 3.05) is 16.8 Å². The first kappa shape index (κ1) is 31.9. The van der Waals surface area contributed by atoms with Crippen molar-refractivity contribution in [3.05, 3.63) is 96.3 Å². The van der Waals surface area contributed by atoms with Gasteiger partial charge in [-0.3, -0.25) is 4.55 Å². The van der Waals surface area contributed by atoms with Gasteiger partial charge in [-0.05, 0) is 65.7 Å². The van der Waals surface area contributed by atoms with Crippen LogP contribution in [0.1, 0.15) is 6.92 Å². The second-order valence-corrected chi connectivity index (χ2v) is 12.7. The predicted molar refractivity (Wildman–Crippen MR) is 180 cm³/mol. The zero-order valence-corrected chi connectivity index (χ0v) is 26.7. The topological polar surface area (TPSA) is 191 Å². The van der Waals surface area contributed by atoms with Crippen LogP contribution in [0.15, 0.2) is 111 Å². The SMILES string of the molecule is CCN(c1ccccc1)c1nc(Cl)nc(Nc2cc(S(=O)O)cc3ccc(N=Nc4ccc5ccccc5c4S(=O)(=O)O)c(O)c23)n1. The van der Waals surface area contributed by atoms with Crippen molar-refractivity contribution in [1.29, 1.82) is 0 Å². The van der Waals surface area contributed by atoms with Crippen LogP contribution in [-0.4, -0.2) is 48.3 Å². The first-order chi connectivity index (χ1) is 22.5. The molecule has 0 amide bonds. The van der Waals surface area contributed by atoms with Crippen LogP contribution >= 0.6 is 11.6 Å². The van der Waals surface area contributed by atoms with Gasteiger partial charge in [0.2, 0.25) is 17.2 Å². The normalized spacial score (nSPS) is 12.5. The molecule has 1 atom stereocenters. The molecule has 0 aliphatic carbocycles. The van der Waals surface area contributed by atoms with Crippen LogP contribution in [-0.2, 0) is 21.2 Å². The van der Waals surface area contributed by atoms with Crippen molar-refractivity contribution in [3.63, 3.8) is 0 Å². The zero-order valence-electron chi connectivity index (χ0n) is 24.3. The summed E-state index contributed by atoms with van der Waals surface area (Å²) in [5.74, 6) is -0.175. The van der Waals surface area contributed by atoms with Crippen molar-refractivity contribution in [2.45, 2.75) is 16.7 Å². The molecule has 13 nitrogen and oxygen atoms in total. The minimum Gasteiger partial charge on any atom is -0.505 e. The molecule has 16 heteroatoms. The van der Waals surface area contributed by atoms with Crippen LogP contribution in [0.2, 0.25) is 5.28 Å². The summed E-state index contributed by atoms with van der Waals surface area (Å²) in [7, 11) is -4.71. The van der Waals surface area contributed by atoms with E-state index < -0.39 is 31.8 Å². The highest BCUT2D eigenvalue weighted by molar-refractivity contribution is 7.86. The molecular formula is C31H24ClN7O6S2. The van der Waals surface area contributed by atoms with E-state index in [-0.39, 0.29) is 49.9 Å². The fourth-order valence-electron chi connectivity index (χ4n) is 5.06. The predicted octanol–water partition coefficient (Wildman–Crippen LogP) is 7.68. The van der Waals surface area contributed by atoms with Gasteiger partial charge in [0.15, 0.2) is 16.8 Å². The maximum Gasteiger partial charge on any atom is 0.297 e. The number of nitrogens with zero attached hydrogens (tertiary/aromatic N) is 6. The van der Waals surface area contributed by atoms with E-state index in [0.717, 1.165) is 5.69 Å². The number of phenolic OH excluding ortho intramolecular Hbond substituents is 1. The summed E-state index contributed by atoms with van der Waals surface area (Å²) in [6, 6.07) is 24.7. The van der Waals surface area contributed by atoms with Gasteiger partial charge in [0.25, 0.3) is 10.1 Å². The molecule has 6 aromatic rings. The van der Waals surface area contributed by atoms with E-state index >= 15 is 0 Å². The molecule has 5 aromatic carbocycles. The van der Waals surface area contributed by atoms with Gasteiger partial charge in [-0.1, -0.05) is 54.6 Å². The van der Waals surface area contributed by atoms with E-state index in [1.54, 1.807) is 29.2 Å². The van der Waals surface area contributed by atoms with Crippen LogP contribution in [0.5, 0.6) is 5.75 Å². The molecule has 0 saturated heterocycles. The summed E-state index contributed by atoms with van der Waals surface area (Å²) in [4.78, 5) is 14.3. The summed E-state index contributed by atoms with van der Waals surface area (Å²) in [6.45, 7) is 2.41. The average molecular weight is 690 g/mol. The molecule has 238 valence electrons. The molecule has 1 heterocycles. The van der Waals surface area contributed by atoms with Crippen LogP contribution in [0.25, 0.3) is 21.5 Å². The van der Waals surface area contributed by atoms with Gasteiger partial charge < -0.3 is 19.9 Å². The van der Waals surface area contributed by atoms with E-state index in [1.165, 1.54) is 36.4 Å². The highest BCUT2D eigenvalue weighted by Crippen LogP contribution is 2.42. The second-order valence-electron chi connectivity index (χ2n) is 9.99. The third kappa shape index (κ3) is 6.61. The first-order valence-electron chi connectivity index (χ1n) is 13.9. The van der Waals surface area contributed by atoms with E-state index in [4.69, 9.17) is 11.6 Å². The van der Waals surface area contributed by atoms with Gasteiger partial charge in [-0.15, -0.1) is 10.2 Å². The van der Waals surface area contributed by atoms with Gasteiger partial charge in [0.1, 0.15) is 16.3 Å². The number of aromatic nitrogens is 3. The van der Waals surface area contributed by atoms with Gasteiger partial charge in [-0.25, -0.2) is 4.21 Å². The Balaban J connectivity index is 1.45. The number of benzene rings is 5. The Hall–Kier alpha value is -5.06. The third-order valence-corrected chi connectivity index (χ3v) is 8.85. The Morgan fingerprint density at radius 2 is 1.57 bits per heavy atom. The van der Waals surface area contributed by atoms with Gasteiger partial charge in [-0.2, -0.15) is 23.4 Å². The number of para-hydroxylation sites is 1. The third-order valence-electron chi connectivity index (χ3n) is 7.09. The lowest BCUT2D eigenvalue weighted by atomic mass is 10.1. The number of anilines is 4. The largest absolute Gasteiger partial charge is 0.505 e. The number of hydrogen-bond acceptors (Lipinski definition) is 11. The lowest BCUT2D eigenvalue weighted by Gasteiger charge is -2.21. The monoisotopic (exact) mass is 689 g/mol. The van der Waals surface area contributed by atoms with Gasteiger partial charge in [0.05, 0.1) is 10.6 Å². The van der Waals surface area contributed by atoms with Crippen molar-refractivity contribution in [1.82, 2.24) is 15.0 Å². The molecule has 6 rings (SSSR count). The molecule has 0 bridgehead atoms. The smallest absolute Gasteiger partial charge is 0.297 e. The summed E-state index contributed by atoms with van der Waals surface area (Å²) < 4.78 is 56.7. The summed E-state index contributed by atoms with van der Waals surface area (Å²) >= 11 is 3.90. The fraction of sp³-hybridized carbons (Fsp3) is 0.0645. The highest BCUT2D eigenvalue weighted by Gasteiger charge is 2.21. The molecule has 0 fully saturated rings. The van der Waals surface area contributed by atoms with Crippen LogP contribution in [0.4, 0.5) is 34.6 Å². The van der Waals surface area contributed by atoms with Crippen molar-refractivity contribution >= 4 is 89.0 Å². The summed E-state index contributed by atoms with van der Waals surface area (Å²) in [6.07, 6.45) is 0. The summed E-state index contributed by atoms with van der Waals surface area (Å²) in [5.41, 5.74) is 0.724. The average Bonchev–Trinajstić information content (AvgIpc) is 3.04. The van der Waals surface area contributed by atoms with E-state index in [2.05, 4.69) is 30.5 Å². The number of hydrogen-bond donors (Lipinski definition) is 4. The van der Waals surface area contributed by atoms with Gasteiger partial charge in [0, 0.05) is 23.0 Å². The standard InChI is InChI=1S/C31H24ClN7O6S2/c1-2-39(20-9-4-3-5-10-20)31-35-29(32)34-30(36-31)33-25-17-21(46(41)42)16-19-13-14-23(27(40)26(19)25)37-38-24-15-12-18-8-6-7-11-22(18)28(24)47(43,44)45/h3-17,40H,2H2,1H3,(H,41,42)(H,43,44,45)(H,33,34,35,36). The zero-order chi connectivity index (χ0) is 33.3. The Morgan fingerprint density at radius 1 is 0.894 bits per heavy atom. The second kappa shape index (κ2) is 13.0. The van der Waals surface area contributed by atoms with Gasteiger partial charge >= 0.3 is 0 Å². The summed E-state index contributed by atoms with van der Waals surface area (Å²) in [5, 5.41) is 23.8. The Labute approximate surface area is 275 Å². The molecule has 1 unspecified atom stereocenters. The Morgan fingerprint density at radius 3 is 2.30 bits per heavy atom. The number of aromatic hydroxyl groups is 1. The molecule has 0 aliphatic rings. The van der Waals surface area contributed by atoms with E-state index in [0.29, 0.717) is 17.3 Å². The molecule has 4 N–H and O–H groups in total. The number of fused-ring (bicyclic) bond motifs is 2. The number of phenols is 1. The number of nitrogens with one attached hydrogen (secondary N) is 1. The van der Waals surface area contributed by atoms with Crippen LogP contribution < -0.4 is 10.2 Å². The molecule has 1 aromatic heterocycles. The lowest BCUT2D eigenvalue weighted by Crippen LogP contribution is -2.19. The molecular weight excluding hydrogens is 666 g/mol. The number of halogens is 1. The first-order valence-corrected chi connectivity index (χ1v) is 16.8. The molecule has 0 aliphatic heterocycles. The Kier molecular flexibility index (Phi) is 8.81. The van der Waals surface area contributed by atoms with Crippen LogP contribution in [0.3, 0.4) is 0 Å².